The van der Waals surface area contributed by atoms with Gasteiger partial charge in [0, 0.05) is 11.7 Å². The molecule has 8 heteroatoms. The lowest BCUT2D eigenvalue weighted by Gasteiger charge is -2.23. The molecule has 1 aliphatic carbocycles. The SMILES string of the molecule is Cc1ccc(Nc2nc(N)c([N+](=O)[O-])c(NC3CCCCC3)n2)cc1. The first kappa shape index (κ1) is 16.9. The zero-order valence-electron chi connectivity index (χ0n) is 14.2. The zero-order valence-corrected chi connectivity index (χ0v) is 14.2. The summed E-state index contributed by atoms with van der Waals surface area (Å²) in [4.78, 5) is 19.2. The van der Waals surface area contributed by atoms with Gasteiger partial charge in [-0.15, -0.1) is 0 Å². The van der Waals surface area contributed by atoms with Gasteiger partial charge in [-0.3, -0.25) is 10.1 Å². The summed E-state index contributed by atoms with van der Waals surface area (Å²) >= 11 is 0. The number of aryl methyl sites for hydroxylation is 1. The Morgan fingerprint density at radius 2 is 1.84 bits per heavy atom. The summed E-state index contributed by atoms with van der Waals surface area (Å²) in [6, 6.07) is 7.87. The van der Waals surface area contributed by atoms with E-state index in [0.717, 1.165) is 36.9 Å². The maximum atomic E-state index is 11.4. The fraction of sp³-hybridized carbons (Fsp3) is 0.412. The van der Waals surface area contributed by atoms with E-state index >= 15 is 0 Å². The number of benzene rings is 1. The third-order valence-corrected chi connectivity index (χ3v) is 4.35. The van der Waals surface area contributed by atoms with Crippen LogP contribution in [0.5, 0.6) is 0 Å². The highest BCUT2D eigenvalue weighted by atomic mass is 16.6. The van der Waals surface area contributed by atoms with Gasteiger partial charge in [-0.1, -0.05) is 37.0 Å². The fourth-order valence-corrected chi connectivity index (χ4v) is 3.02. The lowest BCUT2D eigenvalue weighted by Crippen LogP contribution is -2.24. The number of hydrogen-bond donors (Lipinski definition) is 3. The first-order valence-electron chi connectivity index (χ1n) is 8.45. The molecule has 0 radical (unpaired) electrons. The number of hydrogen-bond acceptors (Lipinski definition) is 7. The second-order valence-corrected chi connectivity index (χ2v) is 6.36. The Bertz CT molecular complexity index is 756. The molecule has 0 bridgehead atoms. The maximum Gasteiger partial charge on any atom is 0.353 e. The van der Waals surface area contributed by atoms with Gasteiger partial charge in [0.15, 0.2) is 0 Å². The Hall–Kier alpha value is -2.90. The van der Waals surface area contributed by atoms with Crippen LogP contribution < -0.4 is 16.4 Å². The van der Waals surface area contributed by atoms with Crippen LogP contribution in [0.3, 0.4) is 0 Å². The van der Waals surface area contributed by atoms with Crippen LogP contribution in [0.4, 0.5) is 29.0 Å². The number of nitrogens with two attached hydrogens (primary N) is 1. The molecule has 132 valence electrons. The van der Waals surface area contributed by atoms with E-state index in [4.69, 9.17) is 5.73 Å². The number of anilines is 4. The molecule has 1 fully saturated rings. The maximum absolute atomic E-state index is 11.4. The van der Waals surface area contributed by atoms with Crippen molar-refractivity contribution in [3.63, 3.8) is 0 Å². The van der Waals surface area contributed by atoms with E-state index in [1.165, 1.54) is 6.42 Å². The molecule has 4 N–H and O–H groups in total. The van der Waals surface area contributed by atoms with Gasteiger partial charge in [-0.25, -0.2) is 0 Å². The number of nitrogens with zero attached hydrogens (tertiary/aromatic N) is 3. The first-order chi connectivity index (χ1) is 12.0. The van der Waals surface area contributed by atoms with E-state index < -0.39 is 4.92 Å². The third kappa shape index (κ3) is 4.14. The molecule has 0 amide bonds. The minimum absolute atomic E-state index is 0.145. The molecule has 0 saturated heterocycles. The minimum Gasteiger partial charge on any atom is -0.378 e. The number of nitrogen functional groups attached to an aromatic ring is 1. The Balaban J connectivity index is 1.88. The van der Waals surface area contributed by atoms with E-state index in [2.05, 4.69) is 20.6 Å². The summed E-state index contributed by atoms with van der Waals surface area (Å²) in [6.07, 6.45) is 5.37. The average molecular weight is 342 g/mol. The number of nitro groups is 1. The van der Waals surface area contributed by atoms with Gasteiger partial charge in [0.1, 0.15) is 0 Å². The summed E-state index contributed by atoms with van der Waals surface area (Å²) in [5.41, 5.74) is 7.50. The Kier molecular flexibility index (Phi) is 4.97. The number of nitrogens with one attached hydrogen (secondary N) is 2. The molecule has 0 atom stereocenters. The summed E-state index contributed by atoms with van der Waals surface area (Å²) in [7, 11) is 0. The van der Waals surface area contributed by atoms with E-state index in [-0.39, 0.29) is 29.3 Å². The van der Waals surface area contributed by atoms with E-state index in [9.17, 15) is 10.1 Å². The van der Waals surface area contributed by atoms with Crippen molar-refractivity contribution in [1.29, 1.82) is 0 Å². The molecule has 0 spiro atoms. The lowest BCUT2D eigenvalue weighted by molar-refractivity contribution is -0.383. The number of rotatable bonds is 5. The first-order valence-corrected chi connectivity index (χ1v) is 8.45. The van der Waals surface area contributed by atoms with Crippen molar-refractivity contribution in [2.45, 2.75) is 45.1 Å². The predicted octanol–water partition coefficient (Wildman–Crippen LogP) is 3.76. The van der Waals surface area contributed by atoms with Crippen LogP contribution in [-0.2, 0) is 0 Å². The molecule has 3 rings (SSSR count). The van der Waals surface area contributed by atoms with Crippen molar-refractivity contribution in [2.24, 2.45) is 0 Å². The van der Waals surface area contributed by atoms with Crippen LogP contribution >= 0.6 is 0 Å². The summed E-state index contributed by atoms with van der Waals surface area (Å²) in [5.74, 6) is 0.275. The van der Waals surface area contributed by atoms with Crippen molar-refractivity contribution in [3.8, 4) is 0 Å². The lowest BCUT2D eigenvalue weighted by atomic mass is 9.95. The molecule has 8 nitrogen and oxygen atoms in total. The van der Waals surface area contributed by atoms with Crippen molar-refractivity contribution in [2.75, 3.05) is 16.4 Å². The third-order valence-electron chi connectivity index (χ3n) is 4.35. The topological polar surface area (TPSA) is 119 Å². The van der Waals surface area contributed by atoms with Gasteiger partial charge in [0.25, 0.3) is 0 Å². The van der Waals surface area contributed by atoms with Crippen molar-refractivity contribution < 1.29 is 4.92 Å². The quantitative estimate of drug-likeness (QED) is 0.559. The number of aromatic nitrogens is 2. The Morgan fingerprint density at radius 1 is 1.16 bits per heavy atom. The van der Waals surface area contributed by atoms with Crippen molar-refractivity contribution in [3.05, 3.63) is 39.9 Å². The largest absolute Gasteiger partial charge is 0.378 e. The van der Waals surface area contributed by atoms with Crippen LogP contribution in [-0.4, -0.2) is 20.9 Å². The standard InChI is InChI=1S/C17H22N6O2/c1-11-7-9-13(10-8-11)20-17-21-15(18)14(23(24)25)16(22-17)19-12-5-3-2-4-6-12/h7-10,12H,2-6H2,1H3,(H4,18,19,20,21,22). The van der Waals surface area contributed by atoms with Gasteiger partial charge in [0.05, 0.1) is 4.92 Å². The van der Waals surface area contributed by atoms with Crippen LogP contribution in [0.1, 0.15) is 37.7 Å². The van der Waals surface area contributed by atoms with E-state index in [1.807, 2.05) is 31.2 Å². The molecule has 0 unspecified atom stereocenters. The normalized spacial score (nSPS) is 14.9. The van der Waals surface area contributed by atoms with Gasteiger partial charge in [0.2, 0.25) is 17.6 Å². The van der Waals surface area contributed by atoms with Gasteiger partial charge in [-0.2, -0.15) is 9.97 Å². The minimum atomic E-state index is -0.532. The van der Waals surface area contributed by atoms with Gasteiger partial charge >= 0.3 is 5.69 Å². The monoisotopic (exact) mass is 342 g/mol. The highest BCUT2D eigenvalue weighted by molar-refractivity contribution is 5.71. The van der Waals surface area contributed by atoms with E-state index in [0.29, 0.717) is 0 Å². The van der Waals surface area contributed by atoms with Crippen molar-refractivity contribution in [1.82, 2.24) is 9.97 Å². The van der Waals surface area contributed by atoms with Crippen LogP contribution in [0.2, 0.25) is 0 Å². The molecular formula is C17H22N6O2. The smallest absolute Gasteiger partial charge is 0.353 e. The average Bonchev–Trinajstić information content (AvgIpc) is 2.57. The Labute approximate surface area is 146 Å². The fourth-order valence-electron chi connectivity index (χ4n) is 3.02. The van der Waals surface area contributed by atoms with Gasteiger partial charge in [-0.05, 0) is 31.9 Å². The van der Waals surface area contributed by atoms with Crippen LogP contribution in [0.15, 0.2) is 24.3 Å². The highest BCUT2D eigenvalue weighted by Crippen LogP contribution is 2.32. The molecule has 1 aromatic heterocycles. The molecule has 1 saturated carbocycles. The predicted molar refractivity (Wildman–Crippen MR) is 98.1 cm³/mol. The van der Waals surface area contributed by atoms with E-state index in [1.54, 1.807) is 0 Å². The molecule has 25 heavy (non-hydrogen) atoms. The van der Waals surface area contributed by atoms with Crippen LogP contribution in [0.25, 0.3) is 0 Å². The molecule has 1 aromatic carbocycles. The molecular weight excluding hydrogens is 320 g/mol. The highest BCUT2D eigenvalue weighted by Gasteiger charge is 2.25. The second-order valence-electron chi connectivity index (χ2n) is 6.36. The molecule has 1 heterocycles. The summed E-state index contributed by atoms with van der Waals surface area (Å²) in [6.45, 7) is 2.00. The van der Waals surface area contributed by atoms with Crippen LogP contribution in [0, 0.1) is 17.0 Å². The summed E-state index contributed by atoms with van der Waals surface area (Å²) < 4.78 is 0. The second kappa shape index (κ2) is 7.33. The molecule has 1 aliphatic rings. The Morgan fingerprint density at radius 3 is 2.48 bits per heavy atom. The van der Waals surface area contributed by atoms with Crippen molar-refractivity contribution >= 4 is 29.0 Å². The van der Waals surface area contributed by atoms with Gasteiger partial charge < -0.3 is 16.4 Å². The zero-order chi connectivity index (χ0) is 17.8. The summed E-state index contributed by atoms with van der Waals surface area (Å²) in [5, 5.41) is 17.6. The molecule has 0 aliphatic heterocycles. The molecule has 2 aromatic rings.